The van der Waals surface area contributed by atoms with Crippen LogP contribution in [-0.4, -0.2) is 32.8 Å². The van der Waals surface area contributed by atoms with E-state index in [4.69, 9.17) is 4.74 Å². The zero-order valence-electron chi connectivity index (χ0n) is 11.8. The Bertz CT molecular complexity index is 565. The molecule has 112 valence electrons. The van der Waals surface area contributed by atoms with Gasteiger partial charge in [-0.1, -0.05) is 12.1 Å². The molecular weight excluding hydrogens is 278 g/mol. The summed E-state index contributed by atoms with van der Waals surface area (Å²) in [6.45, 7) is 4.70. The van der Waals surface area contributed by atoms with E-state index in [1.807, 2.05) is 6.92 Å². The number of aliphatic hydroxyl groups excluding tert-OH is 1. The minimum atomic E-state index is -3.58. The van der Waals surface area contributed by atoms with Crippen molar-refractivity contribution in [1.82, 2.24) is 4.72 Å². The molecule has 0 aliphatic carbocycles. The topological polar surface area (TPSA) is 75.6 Å². The number of hydrogen-bond acceptors (Lipinski definition) is 4. The molecule has 0 amide bonds. The Morgan fingerprint density at radius 1 is 1.50 bits per heavy atom. The molecule has 5 nitrogen and oxygen atoms in total. The summed E-state index contributed by atoms with van der Waals surface area (Å²) in [5, 5.41) is 9.23. The first kappa shape index (κ1) is 15.4. The smallest absolute Gasteiger partial charge is 0.241 e. The van der Waals surface area contributed by atoms with Gasteiger partial charge >= 0.3 is 0 Å². The van der Waals surface area contributed by atoms with Gasteiger partial charge in [0.05, 0.1) is 18.1 Å². The van der Waals surface area contributed by atoms with Gasteiger partial charge in [-0.15, -0.1) is 0 Å². The fraction of sp³-hybridized carbons (Fsp3) is 0.571. The van der Waals surface area contributed by atoms with Gasteiger partial charge < -0.3 is 9.84 Å². The standard InChI is InChI=1S/C14H21NO4S/c1-10-12(8-16)4-3-5-14(10)20(17,18)15-11(2)13-6-7-19-9-13/h3-5,11,13,15-16H,6-9H2,1-2H3. The van der Waals surface area contributed by atoms with Gasteiger partial charge in [0.2, 0.25) is 10.0 Å². The highest BCUT2D eigenvalue weighted by Gasteiger charge is 2.27. The minimum absolute atomic E-state index is 0.165. The van der Waals surface area contributed by atoms with Crippen LogP contribution in [0.3, 0.4) is 0 Å². The molecule has 0 saturated carbocycles. The Kier molecular flexibility index (Phi) is 4.80. The first-order chi connectivity index (χ1) is 9.45. The average Bonchev–Trinajstić information content (AvgIpc) is 2.92. The van der Waals surface area contributed by atoms with Crippen molar-refractivity contribution in [2.24, 2.45) is 5.92 Å². The van der Waals surface area contributed by atoms with Crippen molar-refractivity contribution < 1.29 is 18.3 Å². The van der Waals surface area contributed by atoms with Crippen LogP contribution in [0.2, 0.25) is 0 Å². The maximum absolute atomic E-state index is 12.5. The van der Waals surface area contributed by atoms with Gasteiger partial charge in [0.15, 0.2) is 0 Å². The Morgan fingerprint density at radius 2 is 2.25 bits per heavy atom. The second-order valence-corrected chi connectivity index (χ2v) is 6.91. The highest BCUT2D eigenvalue weighted by molar-refractivity contribution is 7.89. The van der Waals surface area contributed by atoms with Crippen molar-refractivity contribution in [3.63, 3.8) is 0 Å². The maximum atomic E-state index is 12.5. The molecule has 1 saturated heterocycles. The summed E-state index contributed by atoms with van der Waals surface area (Å²) >= 11 is 0. The average molecular weight is 299 g/mol. The molecule has 1 heterocycles. The summed E-state index contributed by atoms with van der Waals surface area (Å²) in [4.78, 5) is 0.231. The molecule has 0 aromatic heterocycles. The number of nitrogens with one attached hydrogen (secondary N) is 1. The van der Waals surface area contributed by atoms with Crippen molar-refractivity contribution in [3.05, 3.63) is 29.3 Å². The lowest BCUT2D eigenvalue weighted by Crippen LogP contribution is -2.38. The molecule has 0 radical (unpaired) electrons. The summed E-state index contributed by atoms with van der Waals surface area (Å²) in [5.41, 5.74) is 1.22. The highest BCUT2D eigenvalue weighted by atomic mass is 32.2. The van der Waals surface area contributed by atoms with Crippen LogP contribution in [0.25, 0.3) is 0 Å². The SMILES string of the molecule is Cc1c(CO)cccc1S(=O)(=O)NC(C)C1CCOC1. The third-order valence-corrected chi connectivity index (χ3v) is 5.57. The molecular formula is C14H21NO4S. The molecule has 6 heteroatoms. The van der Waals surface area contributed by atoms with E-state index in [0.717, 1.165) is 6.42 Å². The molecule has 0 bridgehead atoms. The minimum Gasteiger partial charge on any atom is -0.392 e. The van der Waals surface area contributed by atoms with Crippen LogP contribution in [0.1, 0.15) is 24.5 Å². The molecule has 1 fully saturated rings. The van der Waals surface area contributed by atoms with E-state index in [-0.39, 0.29) is 23.5 Å². The Morgan fingerprint density at radius 3 is 2.85 bits per heavy atom. The largest absolute Gasteiger partial charge is 0.392 e. The predicted octanol–water partition coefficient (Wildman–Crippen LogP) is 1.19. The van der Waals surface area contributed by atoms with Crippen molar-refractivity contribution in [2.75, 3.05) is 13.2 Å². The monoisotopic (exact) mass is 299 g/mol. The molecule has 0 spiro atoms. The van der Waals surface area contributed by atoms with E-state index in [2.05, 4.69) is 4.72 Å². The molecule has 1 aromatic carbocycles. The number of benzene rings is 1. The number of aliphatic hydroxyl groups is 1. The van der Waals surface area contributed by atoms with Crippen molar-refractivity contribution in [2.45, 2.75) is 37.8 Å². The van der Waals surface area contributed by atoms with E-state index in [0.29, 0.717) is 24.3 Å². The van der Waals surface area contributed by atoms with Crippen LogP contribution >= 0.6 is 0 Å². The summed E-state index contributed by atoms with van der Waals surface area (Å²) in [6, 6.07) is 4.77. The van der Waals surface area contributed by atoms with E-state index >= 15 is 0 Å². The summed E-state index contributed by atoms with van der Waals surface area (Å²) in [6.07, 6.45) is 0.874. The lowest BCUT2D eigenvalue weighted by atomic mass is 10.0. The van der Waals surface area contributed by atoms with Crippen LogP contribution in [0.15, 0.2) is 23.1 Å². The van der Waals surface area contributed by atoms with Gasteiger partial charge in [0.1, 0.15) is 0 Å². The summed E-state index contributed by atoms with van der Waals surface area (Å²) < 4.78 is 32.9. The van der Waals surface area contributed by atoms with Crippen LogP contribution in [0.4, 0.5) is 0 Å². The predicted molar refractivity (Wildman–Crippen MR) is 75.8 cm³/mol. The fourth-order valence-corrected chi connectivity index (χ4v) is 4.07. The molecule has 2 N–H and O–H groups in total. The fourth-order valence-electron chi connectivity index (χ4n) is 2.47. The normalized spacial score (nSPS) is 21.1. The summed E-state index contributed by atoms with van der Waals surface area (Å²) in [5.74, 6) is 0.214. The molecule has 1 aliphatic rings. The van der Waals surface area contributed by atoms with Gasteiger partial charge in [-0.2, -0.15) is 0 Å². The van der Waals surface area contributed by atoms with E-state index in [1.165, 1.54) is 0 Å². The number of ether oxygens (including phenoxy) is 1. The van der Waals surface area contributed by atoms with Gasteiger partial charge in [0, 0.05) is 18.6 Å². The molecule has 1 aliphatic heterocycles. The van der Waals surface area contributed by atoms with Crippen LogP contribution in [-0.2, 0) is 21.4 Å². The lowest BCUT2D eigenvalue weighted by molar-refractivity contribution is 0.180. The second-order valence-electron chi connectivity index (χ2n) is 5.23. The van der Waals surface area contributed by atoms with Gasteiger partial charge in [-0.25, -0.2) is 13.1 Å². The van der Waals surface area contributed by atoms with Gasteiger partial charge in [-0.05, 0) is 37.5 Å². The highest BCUT2D eigenvalue weighted by Crippen LogP contribution is 2.22. The Balaban J connectivity index is 2.22. The zero-order valence-corrected chi connectivity index (χ0v) is 12.6. The first-order valence-corrected chi connectivity index (χ1v) is 8.23. The quantitative estimate of drug-likeness (QED) is 0.856. The van der Waals surface area contributed by atoms with Gasteiger partial charge in [0.25, 0.3) is 0 Å². The Hall–Kier alpha value is -0.950. The number of rotatable bonds is 5. The van der Waals surface area contributed by atoms with Crippen LogP contribution < -0.4 is 4.72 Å². The van der Waals surface area contributed by atoms with Crippen molar-refractivity contribution in [3.8, 4) is 0 Å². The maximum Gasteiger partial charge on any atom is 0.241 e. The van der Waals surface area contributed by atoms with Crippen LogP contribution in [0.5, 0.6) is 0 Å². The molecule has 20 heavy (non-hydrogen) atoms. The molecule has 2 unspecified atom stereocenters. The third kappa shape index (κ3) is 3.20. The number of hydrogen-bond donors (Lipinski definition) is 2. The third-order valence-electron chi connectivity index (χ3n) is 3.87. The van der Waals surface area contributed by atoms with Crippen molar-refractivity contribution in [1.29, 1.82) is 0 Å². The molecule has 1 aromatic rings. The van der Waals surface area contributed by atoms with Crippen molar-refractivity contribution >= 4 is 10.0 Å². The molecule has 2 atom stereocenters. The van der Waals surface area contributed by atoms with E-state index < -0.39 is 10.0 Å². The second kappa shape index (κ2) is 6.22. The summed E-state index contributed by atoms with van der Waals surface area (Å²) in [7, 11) is -3.58. The number of sulfonamides is 1. The Labute approximate surface area is 120 Å². The lowest BCUT2D eigenvalue weighted by Gasteiger charge is -2.20. The zero-order chi connectivity index (χ0) is 14.8. The van der Waals surface area contributed by atoms with E-state index in [9.17, 15) is 13.5 Å². The van der Waals surface area contributed by atoms with Crippen LogP contribution in [0, 0.1) is 12.8 Å². The van der Waals surface area contributed by atoms with E-state index in [1.54, 1.807) is 25.1 Å². The molecule has 2 rings (SSSR count). The first-order valence-electron chi connectivity index (χ1n) is 6.75. The van der Waals surface area contributed by atoms with Gasteiger partial charge in [-0.3, -0.25) is 0 Å².